The molecule has 2 rings (SSSR count). The molecule has 4 N–H and O–H groups in total. The highest BCUT2D eigenvalue weighted by molar-refractivity contribution is 6.08. The fraction of sp³-hybridized carbons (Fsp3) is 0.478. The van der Waals surface area contributed by atoms with Gasteiger partial charge in [0.25, 0.3) is 5.91 Å². The number of benzene rings is 1. The summed E-state index contributed by atoms with van der Waals surface area (Å²) in [5.74, 6) is 1.81. The van der Waals surface area contributed by atoms with Crippen molar-refractivity contribution >= 4 is 35.9 Å². The van der Waals surface area contributed by atoms with Crippen molar-refractivity contribution in [2.24, 2.45) is 10.9 Å². The van der Waals surface area contributed by atoms with E-state index in [2.05, 4.69) is 10.4 Å². The van der Waals surface area contributed by atoms with Gasteiger partial charge >= 0.3 is 12.0 Å². The number of carboxylic acid groups (broad SMARTS) is 1. The molecule has 0 saturated carbocycles. The van der Waals surface area contributed by atoms with Crippen molar-refractivity contribution in [3.63, 3.8) is 0 Å². The Bertz CT molecular complexity index is 1010. The number of hydrazone groups is 1. The smallest absolute Gasteiger partial charge is 0.347 e. The lowest BCUT2D eigenvalue weighted by Crippen LogP contribution is -2.57. The maximum absolute atomic E-state index is 13.5. The maximum atomic E-state index is 13.5. The number of nitrogens with one attached hydrogen (secondary N) is 1. The van der Waals surface area contributed by atoms with E-state index in [9.17, 15) is 29.1 Å². The molecule has 0 radical (unpaired) electrons. The van der Waals surface area contributed by atoms with Crippen LogP contribution in [0.5, 0.6) is 0 Å². The maximum Gasteiger partial charge on any atom is 0.347 e. The van der Waals surface area contributed by atoms with E-state index in [0.29, 0.717) is 22.6 Å². The first-order valence-corrected chi connectivity index (χ1v) is 11.2. The molecule has 0 spiro atoms. The summed E-state index contributed by atoms with van der Waals surface area (Å²) in [4.78, 5) is 64.4. The lowest BCUT2D eigenvalue weighted by molar-refractivity contribution is -0.158. The quantitative estimate of drug-likeness (QED) is 0.137. The van der Waals surface area contributed by atoms with Gasteiger partial charge in [0.15, 0.2) is 0 Å². The van der Waals surface area contributed by atoms with Crippen molar-refractivity contribution in [3.05, 3.63) is 35.4 Å². The number of nitrogens with zero attached hydrogens (tertiary/aromatic N) is 4. The van der Waals surface area contributed by atoms with Crippen molar-refractivity contribution in [2.45, 2.75) is 58.0 Å². The number of unbranched alkanes of at least 4 members (excludes halogenated alkanes) is 2. The summed E-state index contributed by atoms with van der Waals surface area (Å²) < 4.78 is 0. The van der Waals surface area contributed by atoms with Crippen molar-refractivity contribution in [3.8, 4) is 0 Å². The van der Waals surface area contributed by atoms with Crippen LogP contribution in [0.15, 0.2) is 29.4 Å². The molecule has 1 aromatic carbocycles. The lowest BCUT2D eigenvalue weighted by Gasteiger charge is -2.31. The predicted octanol–water partition coefficient (Wildman–Crippen LogP) is 1.00. The first-order chi connectivity index (χ1) is 16.5. The summed E-state index contributed by atoms with van der Waals surface area (Å²) in [7, 11) is 1.41. The molecule has 1 aliphatic heterocycles. The molecule has 1 fully saturated rings. The van der Waals surface area contributed by atoms with Gasteiger partial charge in [-0.3, -0.25) is 14.4 Å². The van der Waals surface area contributed by atoms with Crippen LogP contribution in [0.25, 0.3) is 0 Å². The second-order valence-electron chi connectivity index (χ2n) is 8.45. The molecule has 0 aromatic heterocycles. The van der Waals surface area contributed by atoms with Gasteiger partial charge in [0, 0.05) is 20.4 Å². The number of urea groups is 1. The monoisotopic (exact) mass is 488 g/mol. The number of carbonyl (C=O) groups is 5. The van der Waals surface area contributed by atoms with E-state index in [0.717, 1.165) is 24.8 Å². The van der Waals surface area contributed by atoms with Gasteiger partial charge in [-0.2, -0.15) is 10.1 Å². The number of carbonyl (C=O) groups excluding carboxylic acids is 4. The zero-order chi connectivity index (χ0) is 26.3. The number of amides is 5. The number of nitrogens with two attached hydrogens (primary N) is 1. The minimum Gasteiger partial charge on any atom is -0.480 e. The van der Waals surface area contributed by atoms with Crippen LogP contribution in [0.3, 0.4) is 0 Å². The fourth-order valence-electron chi connectivity index (χ4n) is 3.79. The SMILES string of the molecule is CCCCCC(=O)N[C@H](CN(C(C)=O)N1C(=O)N(C)[C@](C)(c2ccc(C=NN)cc2)C1=O)C(=O)O. The topological polar surface area (TPSA) is 166 Å². The predicted molar refractivity (Wildman–Crippen MR) is 127 cm³/mol. The third kappa shape index (κ3) is 5.76. The van der Waals surface area contributed by atoms with Gasteiger partial charge in [-0.1, -0.05) is 44.0 Å². The molecular formula is C23H32N6O6. The molecular weight excluding hydrogens is 456 g/mol. The number of likely N-dealkylation sites (N-methyl/N-ethyl adjacent to an activating group) is 1. The first kappa shape index (κ1) is 27.3. The first-order valence-electron chi connectivity index (χ1n) is 11.2. The van der Waals surface area contributed by atoms with Crippen LogP contribution in [0, 0.1) is 0 Å². The molecule has 35 heavy (non-hydrogen) atoms. The summed E-state index contributed by atoms with van der Waals surface area (Å²) in [5, 5.41) is 16.8. The molecule has 190 valence electrons. The van der Waals surface area contributed by atoms with Crippen molar-refractivity contribution < 1.29 is 29.1 Å². The second kappa shape index (κ2) is 11.4. The second-order valence-corrected chi connectivity index (χ2v) is 8.45. The standard InChI is InChI=1S/C23H32N6O6/c1-5-6-7-8-19(31)26-18(20(32)33)14-28(15(2)30)29-21(34)23(3,27(4)22(29)35)17-11-9-16(10-12-17)13-25-24/h9-13,18H,5-8,14,24H2,1-4H3,(H,26,31)(H,32,33)/t18-,23-/m1/s1. The van der Waals surface area contributed by atoms with E-state index >= 15 is 0 Å². The van der Waals surface area contributed by atoms with Gasteiger partial charge in [-0.15, -0.1) is 0 Å². The van der Waals surface area contributed by atoms with Crippen molar-refractivity contribution in [2.75, 3.05) is 13.6 Å². The van der Waals surface area contributed by atoms with E-state index in [1.54, 1.807) is 24.3 Å². The van der Waals surface area contributed by atoms with Gasteiger partial charge in [-0.05, 0) is 24.5 Å². The zero-order valence-corrected chi connectivity index (χ0v) is 20.4. The number of hydrogen-bond donors (Lipinski definition) is 3. The van der Waals surface area contributed by atoms with E-state index in [1.165, 1.54) is 25.1 Å². The zero-order valence-electron chi connectivity index (χ0n) is 20.4. The molecule has 0 aliphatic carbocycles. The summed E-state index contributed by atoms with van der Waals surface area (Å²) in [6, 6.07) is 4.29. The number of imide groups is 1. The van der Waals surface area contributed by atoms with Gasteiger partial charge in [0.1, 0.15) is 11.6 Å². The molecule has 1 heterocycles. The van der Waals surface area contributed by atoms with E-state index in [-0.39, 0.29) is 6.42 Å². The Balaban J connectivity index is 2.33. The Kier molecular flexibility index (Phi) is 8.93. The summed E-state index contributed by atoms with van der Waals surface area (Å²) >= 11 is 0. The number of rotatable bonds is 11. The van der Waals surface area contributed by atoms with Gasteiger partial charge in [0.05, 0.1) is 12.8 Å². The van der Waals surface area contributed by atoms with Crippen LogP contribution < -0.4 is 11.2 Å². The third-order valence-corrected chi connectivity index (χ3v) is 6.05. The highest BCUT2D eigenvalue weighted by atomic mass is 16.4. The third-order valence-electron chi connectivity index (χ3n) is 6.05. The normalized spacial score (nSPS) is 18.7. The van der Waals surface area contributed by atoms with Gasteiger partial charge < -0.3 is 21.2 Å². The van der Waals surface area contributed by atoms with Crippen LogP contribution in [0.1, 0.15) is 57.6 Å². The molecule has 1 aromatic rings. The minimum absolute atomic E-state index is 0.130. The molecule has 1 saturated heterocycles. The number of aliphatic carboxylic acids is 1. The Morgan fingerprint density at radius 3 is 2.37 bits per heavy atom. The summed E-state index contributed by atoms with van der Waals surface area (Å²) in [6.45, 7) is 4.01. The van der Waals surface area contributed by atoms with Crippen LogP contribution in [0.4, 0.5) is 4.79 Å². The molecule has 2 atom stereocenters. The van der Waals surface area contributed by atoms with Gasteiger partial charge in [-0.25, -0.2) is 14.6 Å². The average Bonchev–Trinajstić information content (AvgIpc) is 2.98. The van der Waals surface area contributed by atoms with Gasteiger partial charge in [0.2, 0.25) is 11.8 Å². The Labute approximate surface area is 203 Å². The molecule has 5 amide bonds. The number of hydrazine groups is 1. The molecule has 0 unspecified atom stereocenters. The van der Waals surface area contributed by atoms with Crippen molar-refractivity contribution in [1.82, 2.24) is 20.2 Å². The largest absolute Gasteiger partial charge is 0.480 e. The Hall–Kier alpha value is -3.96. The molecule has 12 heteroatoms. The average molecular weight is 489 g/mol. The highest BCUT2D eigenvalue weighted by Crippen LogP contribution is 2.37. The van der Waals surface area contributed by atoms with Crippen LogP contribution >= 0.6 is 0 Å². The van der Waals surface area contributed by atoms with Crippen LogP contribution in [0.2, 0.25) is 0 Å². The number of hydrogen-bond acceptors (Lipinski definition) is 7. The number of carboxylic acids is 1. The summed E-state index contributed by atoms with van der Waals surface area (Å²) in [6.07, 6.45) is 3.84. The molecule has 0 bridgehead atoms. The fourth-order valence-corrected chi connectivity index (χ4v) is 3.79. The minimum atomic E-state index is -1.51. The Morgan fingerprint density at radius 1 is 1.23 bits per heavy atom. The molecule has 1 aliphatic rings. The van der Waals surface area contributed by atoms with E-state index in [1.807, 2.05) is 6.92 Å². The summed E-state index contributed by atoms with van der Waals surface area (Å²) in [5.41, 5.74) is -0.316. The van der Waals surface area contributed by atoms with Crippen LogP contribution in [-0.2, 0) is 24.7 Å². The highest BCUT2D eigenvalue weighted by Gasteiger charge is 2.56. The van der Waals surface area contributed by atoms with Crippen LogP contribution in [-0.4, -0.2) is 75.6 Å². The van der Waals surface area contributed by atoms with E-state index < -0.39 is 47.8 Å². The molecule has 12 nitrogen and oxygen atoms in total. The van der Waals surface area contributed by atoms with E-state index in [4.69, 9.17) is 5.84 Å². The van der Waals surface area contributed by atoms with Crippen molar-refractivity contribution in [1.29, 1.82) is 0 Å². The Morgan fingerprint density at radius 2 is 1.86 bits per heavy atom. The lowest BCUT2D eigenvalue weighted by atomic mass is 9.90.